The van der Waals surface area contributed by atoms with Crippen LogP contribution in [0.1, 0.15) is 19.2 Å². The molecule has 0 amide bonds. The molecule has 1 heterocycles. The first kappa shape index (κ1) is 14.7. The summed E-state index contributed by atoms with van der Waals surface area (Å²) in [6.45, 7) is 2.50. The molecular formula is C13H16N4O2. The molecule has 0 fully saturated rings. The number of allylic oxidation sites excluding steroid dienone is 2. The third kappa shape index (κ3) is 5.67. The predicted octanol–water partition coefficient (Wildman–Crippen LogP) is 1.53. The van der Waals surface area contributed by atoms with Gasteiger partial charge in [0.2, 0.25) is 0 Å². The zero-order chi connectivity index (χ0) is 13.9. The highest BCUT2D eigenvalue weighted by molar-refractivity contribution is 6.11. The number of rotatable bonds is 7. The van der Waals surface area contributed by atoms with Crippen LogP contribution >= 0.6 is 0 Å². The lowest BCUT2D eigenvalue weighted by molar-refractivity contribution is -0.142. The Kier molecular flexibility index (Phi) is 6.71. The Morgan fingerprint density at radius 2 is 2.21 bits per heavy atom. The predicted molar refractivity (Wildman–Crippen MR) is 73.4 cm³/mol. The first-order valence-corrected chi connectivity index (χ1v) is 5.91. The van der Waals surface area contributed by atoms with E-state index in [1.54, 1.807) is 31.5 Å². The van der Waals surface area contributed by atoms with Crippen molar-refractivity contribution < 1.29 is 9.53 Å². The van der Waals surface area contributed by atoms with Crippen LogP contribution in [0.5, 0.6) is 0 Å². The Morgan fingerprint density at radius 1 is 1.47 bits per heavy atom. The van der Waals surface area contributed by atoms with Gasteiger partial charge in [-0.15, -0.1) is 0 Å². The molecule has 0 aliphatic heterocycles. The van der Waals surface area contributed by atoms with Gasteiger partial charge in [-0.1, -0.05) is 0 Å². The van der Waals surface area contributed by atoms with Crippen LogP contribution in [0.4, 0.5) is 0 Å². The highest BCUT2D eigenvalue weighted by atomic mass is 16.5. The second kappa shape index (κ2) is 8.68. The van der Waals surface area contributed by atoms with E-state index in [1.807, 2.05) is 0 Å². The Hall–Kier alpha value is -2.37. The van der Waals surface area contributed by atoms with E-state index >= 15 is 0 Å². The van der Waals surface area contributed by atoms with Crippen molar-refractivity contribution in [2.45, 2.75) is 13.3 Å². The van der Waals surface area contributed by atoms with Crippen molar-refractivity contribution in [3.63, 3.8) is 0 Å². The third-order valence-corrected chi connectivity index (χ3v) is 2.09. The molecular weight excluding hydrogens is 244 g/mol. The van der Waals surface area contributed by atoms with Gasteiger partial charge in [-0.3, -0.25) is 9.79 Å². The molecule has 1 N–H and O–H groups in total. The molecule has 1 rings (SSSR count). The number of esters is 1. The summed E-state index contributed by atoms with van der Waals surface area (Å²) in [4.78, 5) is 23.2. The maximum atomic E-state index is 11.1. The molecule has 0 spiro atoms. The smallest absolute Gasteiger partial charge is 0.307 e. The van der Waals surface area contributed by atoms with Gasteiger partial charge in [0.25, 0.3) is 0 Å². The van der Waals surface area contributed by atoms with E-state index in [1.165, 1.54) is 6.21 Å². The monoisotopic (exact) mass is 260 g/mol. The topological polar surface area (TPSA) is 88.3 Å². The number of aromatic nitrogens is 2. The molecule has 0 aliphatic carbocycles. The summed E-state index contributed by atoms with van der Waals surface area (Å²) in [6.07, 6.45) is 7.80. The summed E-state index contributed by atoms with van der Waals surface area (Å²) in [5, 5.41) is 7.29. The van der Waals surface area contributed by atoms with Gasteiger partial charge in [-0.25, -0.2) is 9.97 Å². The van der Waals surface area contributed by atoms with Crippen LogP contribution in [-0.4, -0.2) is 41.5 Å². The number of hydrogen-bond acceptors (Lipinski definition) is 6. The lowest BCUT2D eigenvalue weighted by Crippen LogP contribution is -2.05. The third-order valence-electron chi connectivity index (χ3n) is 2.09. The van der Waals surface area contributed by atoms with Crippen LogP contribution in [0, 0.1) is 5.41 Å². The minimum Gasteiger partial charge on any atom is -0.466 e. The highest BCUT2D eigenvalue weighted by Gasteiger charge is 2.00. The second-order valence-electron chi connectivity index (χ2n) is 3.45. The Labute approximate surface area is 111 Å². The van der Waals surface area contributed by atoms with Crippen molar-refractivity contribution in [3.05, 3.63) is 30.4 Å². The fraction of sp³-hybridized carbons (Fsp3) is 0.308. The minimum absolute atomic E-state index is 0.250. The SMILES string of the molecule is CCOC(=O)CCN=C/C=C(\C=N)c1ncccn1. The summed E-state index contributed by atoms with van der Waals surface area (Å²) in [5.74, 6) is 0.205. The number of carbonyl (C=O) groups excluding carboxylic acids is 1. The fourth-order valence-corrected chi connectivity index (χ4v) is 1.23. The van der Waals surface area contributed by atoms with Crippen LogP contribution in [0.3, 0.4) is 0 Å². The number of aliphatic imine (C=N–C) groups is 1. The van der Waals surface area contributed by atoms with E-state index in [4.69, 9.17) is 10.1 Å². The lowest BCUT2D eigenvalue weighted by Gasteiger charge is -1.98. The summed E-state index contributed by atoms with van der Waals surface area (Å²) in [5.41, 5.74) is 0.556. The second-order valence-corrected chi connectivity index (χ2v) is 3.45. The average Bonchev–Trinajstić information content (AvgIpc) is 2.44. The van der Waals surface area contributed by atoms with Crippen molar-refractivity contribution in [2.24, 2.45) is 4.99 Å². The quantitative estimate of drug-likeness (QED) is 0.595. The average molecular weight is 260 g/mol. The van der Waals surface area contributed by atoms with E-state index in [0.717, 1.165) is 6.21 Å². The van der Waals surface area contributed by atoms with E-state index in [2.05, 4.69) is 15.0 Å². The number of hydrogen-bond donors (Lipinski definition) is 1. The molecule has 0 saturated carbocycles. The zero-order valence-electron chi connectivity index (χ0n) is 10.7. The number of nitrogens with one attached hydrogen (secondary N) is 1. The number of nitrogens with zero attached hydrogens (tertiary/aromatic N) is 3. The molecule has 100 valence electrons. The molecule has 0 aromatic carbocycles. The first-order chi connectivity index (χ1) is 9.27. The molecule has 0 radical (unpaired) electrons. The zero-order valence-corrected chi connectivity index (χ0v) is 10.7. The van der Waals surface area contributed by atoms with Crippen LogP contribution in [0.15, 0.2) is 29.5 Å². The summed E-state index contributed by atoms with van der Waals surface area (Å²) >= 11 is 0. The fourth-order valence-electron chi connectivity index (χ4n) is 1.23. The Morgan fingerprint density at radius 3 is 2.84 bits per heavy atom. The Balaban J connectivity index is 2.50. The summed E-state index contributed by atoms with van der Waals surface area (Å²) in [6, 6.07) is 1.71. The summed E-state index contributed by atoms with van der Waals surface area (Å²) < 4.78 is 4.78. The molecule has 1 aromatic rings. The molecule has 1 aromatic heterocycles. The minimum atomic E-state index is -0.262. The summed E-state index contributed by atoms with van der Waals surface area (Å²) in [7, 11) is 0. The van der Waals surface area contributed by atoms with E-state index in [0.29, 0.717) is 24.5 Å². The van der Waals surface area contributed by atoms with E-state index in [-0.39, 0.29) is 12.4 Å². The van der Waals surface area contributed by atoms with Gasteiger partial charge in [0, 0.05) is 36.9 Å². The van der Waals surface area contributed by atoms with Gasteiger partial charge in [-0.2, -0.15) is 0 Å². The van der Waals surface area contributed by atoms with Gasteiger partial charge >= 0.3 is 5.97 Å². The maximum Gasteiger partial charge on any atom is 0.307 e. The van der Waals surface area contributed by atoms with Gasteiger partial charge in [-0.05, 0) is 19.1 Å². The van der Waals surface area contributed by atoms with E-state index in [9.17, 15) is 4.79 Å². The molecule has 6 heteroatoms. The number of ether oxygens (including phenoxy) is 1. The maximum absolute atomic E-state index is 11.1. The molecule has 19 heavy (non-hydrogen) atoms. The van der Waals surface area contributed by atoms with Gasteiger partial charge in [0.05, 0.1) is 13.0 Å². The normalized spacial score (nSPS) is 11.5. The Bertz CT molecular complexity index is 469. The van der Waals surface area contributed by atoms with Crippen LogP contribution in [0.2, 0.25) is 0 Å². The molecule has 0 bridgehead atoms. The molecule has 0 aliphatic rings. The molecule has 0 saturated heterocycles. The van der Waals surface area contributed by atoms with Gasteiger partial charge in [0.1, 0.15) is 0 Å². The van der Waals surface area contributed by atoms with E-state index < -0.39 is 0 Å². The highest BCUT2D eigenvalue weighted by Crippen LogP contribution is 2.03. The standard InChI is InChI=1S/C13H16N4O2/c1-2-19-12(18)5-9-15-8-4-11(10-14)13-16-6-3-7-17-13/h3-4,6-8,10,14H,2,5,9H2,1H3/b11-4+,14-10?,15-8?. The van der Waals surface area contributed by atoms with Crippen molar-refractivity contribution >= 4 is 24.0 Å². The lowest BCUT2D eigenvalue weighted by atomic mass is 10.2. The molecule has 0 unspecified atom stereocenters. The molecule has 6 nitrogen and oxygen atoms in total. The van der Waals surface area contributed by atoms with Crippen molar-refractivity contribution in [1.29, 1.82) is 5.41 Å². The van der Waals surface area contributed by atoms with Crippen LogP contribution in [-0.2, 0) is 9.53 Å². The van der Waals surface area contributed by atoms with Gasteiger partial charge < -0.3 is 10.1 Å². The van der Waals surface area contributed by atoms with Crippen LogP contribution in [0.25, 0.3) is 5.57 Å². The van der Waals surface area contributed by atoms with Crippen LogP contribution < -0.4 is 0 Å². The first-order valence-electron chi connectivity index (χ1n) is 5.91. The molecule has 0 atom stereocenters. The van der Waals surface area contributed by atoms with Crippen molar-refractivity contribution in [2.75, 3.05) is 13.2 Å². The van der Waals surface area contributed by atoms with Crippen molar-refractivity contribution in [1.82, 2.24) is 9.97 Å². The van der Waals surface area contributed by atoms with Gasteiger partial charge in [0.15, 0.2) is 5.82 Å². The largest absolute Gasteiger partial charge is 0.466 e. The number of carbonyl (C=O) groups is 1. The van der Waals surface area contributed by atoms with Crippen molar-refractivity contribution in [3.8, 4) is 0 Å².